The van der Waals surface area contributed by atoms with E-state index in [1.54, 1.807) is 6.33 Å². The van der Waals surface area contributed by atoms with Gasteiger partial charge in [-0.25, -0.2) is 19.8 Å². The first-order valence-corrected chi connectivity index (χ1v) is 16.1. The van der Waals surface area contributed by atoms with Gasteiger partial charge < -0.3 is 14.9 Å². The van der Waals surface area contributed by atoms with E-state index in [1.807, 2.05) is 33.3 Å². The van der Waals surface area contributed by atoms with Gasteiger partial charge in [0.25, 0.3) is 12.0 Å². The number of aliphatic hydroxyl groups is 2. The Kier molecular flexibility index (Phi) is 10.9. The van der Waals surface area contributed by atoms with Crippen LogP contribution >= 0.6 is 0 Å². The number of nitrogens with one attached hydrogen (secondary N) is 1. The molecule has 2 aromatic heterocycles. The molecule has 12 heteroatoms. The van der Waals surface area contributed by atoms with Gasteiger partial charge in [0.05, 0.1) is 24.5 Å². The van der Waals surface area contributed by atoms with Gasteiger partial charge in [0.15, 0.2) is 5.84 Å². The molecule has 0 bridgehead atoms. The second-order valence-corrected chi connectivity index (χ2v) is 12.4. The summed E-state index contributed by atoms with van der Waals surface area (Å²) in [4.78, 5) is 28.0. The molecular formula is C34H40KN6O5+. The Morgan fingerprint density at radius 3 is 2.46 bits per heavy atom. The maximum atomic E-state index is 14.3. The predicted molar refractivity (Wildman–Crippen MR) is 169 cm³/mol. The van der Waals surface area contributed by atoms with E-state index < -0.39 is 6.41 Å². The number of aliphatic hydroxyl groups excluding tert-OH is 2. The molecule has 3 aliphatic rings. The fourth-order valence-corrected chi connectivity index (χ4v) is 6.74. The van der Waals surface area contributed by atoms with Crippen molar-refractivity contribution in [2.75, 3.05) is 6.61 Å². The van der Waals surface area contributed by atoms with Crippen LogP contribution in [-0.2, 0) is 22.4 Å². The summed E-state index contributed by atoms with van der Waals surface area (Å²) in [6, 6.07) is 16.1. The molecule has 2 unspecified atom stereocenters. The van der Waals surface area contributed by atoms with Gasteiger partial charge in [0.2, 0.25) is 5.78 Å². The second kappa shape index (κ2) is 14.9. The molecule has 2 aromatic carbocycles. The third-order valence-corrected chi connectivity index (χ3v) is 9.32. The average Bonchev–Trinajstić information content (AvgIpc) is 3.66. The summed E-state index contributed by atoms with van der Waals surface area (Å²) in [6.45, 7) is 2.51. The van der Waals surface area contributed by atoms with E-state index in [0.717, 1.165) is 84.9 Å². The second-order valence-electron chi connectivity index (χ2n) is 12.4. The zero-order valence-corrected chi connectivity index (χ0v) is 29.6. The molecule has 7 rings (SSSR count). The van der Waals surface area contributed by atoms with Crippen molar-refractivity contribution in [1.82, 2.24) is 24.6 Å². The van der Waals surface area contributed by atoms with Crippen LogP contribution in [0.2, 0.25) is 0 Å². The third kappa shape index (κ3) is 7.10. The van der Waals surface area contributed by atoms with E-state index >= 15 is 0 Å². The van der Waals surface area contributed by atoms with Crippen molar-refractivity contribution in [2.45, 2.75) is 89.4 Å². The van der Waals surface area contributed by atoms with Gasteiger partial charge in [0, 0.05) is 23.6 Å². The number of amidine groups is 1. The maximum Gasteiger partial charge on any atom is 1.00 e. The molecule has 2 saturated carbocycles. The third-order valence-electron chi connectivity index (χ3n) is 9.32. The minimum absolute atomic E-state index is 0. The van der Waals surface area contributed by atoms with Gasteiger partial charge >= 0.3 is 51.4 Å². The van der Waals surface area contributed by atoms with Gasteiger partial charge in [-0.15, -0.1) is 0 Å². The Morgan fingerprint density at radius 2 is 1.78 bits per heavy atom. The van der Waals surface area contributed by atoms with Crippen LogP contribution in [-0.4, -0.2) is 60.4 Å². The number of rotatable bonds is 11. The molecule has 0 spiro atoms. The van der Waals surface area contributed by atoms with Crippen LogP contribution in [0.4, 0.5) is 0 Å². The Balaban J connectivity index is 0.00000372. The van der Waals surface area contributed by atoms with Crippen LogP contribution in [0.3, 0.4) is 0 Å². The Bertz CT molecular complexity index is 1740. The standard InChI is InChI=1S/C34H40N6O5.K/c1-2-5-29-28(18-21-8-10-22(11-9-21)26-6-3-4-7-27(26)31-37-34(43)45-38-31)32(42)39(33-35-20-36-40(29)33)24-14-16-25(17-15-24)44-19-30(41)23-12-13-23;/h3-4,6-11,20,23-25,30,34,41,43H,2,5,12-19H2,1H3,(H,37,38);/q;+1. The van der Waals surface area contributed by atoms with Crippen LogP contribution in [0.5, 0.6) is 0 Å². The number of aliphatic imine (C=N–C) groups is 1. The fraction of sp³-hybridized carbons (Fsp3) is 0.471. The predicted octanol–water partition coefficient (Wildman–Crippen LogP) is 0.934. The number of hydroxylamine groups is 1. The normalized spacial score (nSPS) is 21.9. The van der Waals surface area contributed by atoms with Crippen molar-refractivity contribution in [3.8, 4) is 11.1 Å². The first-order valence-electron chi connectivity index (χ1n) is 16.1. The van der Waals surface area contributed by atoms with Crippen molar-refractivity contribution in [3.63, 3.8) is 0 Å². The topological polar surface area (TPSA) is 136 Å². The summed E-state index contributed by atoms with van der Waals surface area (Å²) in [5.74, 6) is 1.48. The number of aromatic nitrogens is 4. The zero-order valence-electron chi connectivity index (χ0n) is 26.5. The van der Waals surface area contributed by atoms with Gasteiger partial charge in [-0.05, 0) is 67.6 Å². The maximum absolute atomic E-state index is 14.3. The molecule has 1 aliphatic heterocycles. The van der Waals surface area contributed by atoms with Gasteiger partial charge in [-0.1, -0.05) is 61.9 Å². The van der Waals surface area contributed by atoms with Gasteiger partial charge in [-0.3, -0.25) is 9.36 Å². The van der Waals surface area contributed by atoms with E-state index in [1.165, 1.54) is 0 Å². The van der Waals surface area contributed by atoms with Crippen molar-refractivity contribution in [2.24, 2.45) is 10.9 Å². The Hall–Kier alpha value is -2.26. The number of nitrogens with zero attached hydrogens (tertiary/aromatic N) is 5. The first kappa shape index (κ1) is 33.6. The summed E-state index contributed by atoms with van der Waals surface area (Å²) >= 11 is 0. The monoisotopic (exact) mass is 651 g/mol. The van der Waals surface area contributed by atoms with E-state index in [-0.39, 0.29) is 75.2 Å². The number of benzene rings is 2. The Morgan fingerprint density at radius 1 is 1.04 bits per heavy atom. The number of aryl methyl sites for hydroxylation is 1. The summed E-state index contributed by atoms with van der Waals surface area (Å²) in [6.07, 6.45) is 7.66. The number of hydrogen-bond donors (Lipinski definition) is 3. The van der Waals surface area contributed by atoms with Crippen molar-refractivity contribution in [3.05, 3.63) is 87.6 Å². The molecule has 2 aliphatic carbocycles. The van der Waals surface area contributed by atoms with Crippen LogP contribution in [0, 0.1) is 5.92 Å². The molecule has 0 amide bonds. The molecular weight excluding hydrogens is 612 g/mol. The van der Waals surface area contributed by atoms with E-state index in [0.29, 0.717) is 30.6 Å². The largest absolute Gasteiger partial charge is 1.00 e. The number of hydrogen-bond acceptors (Lipinski definition) is 9. The molecule has 11 nitrogen and oxygen atoms in total. The molecule has 46 heavy (non-hydrogen) atoms. The minimum atomic E-state index is -1.23. The molecule has 4 aromatic rings. The van der Waals surface area contributed by atoms with Crippen molar-refractivity contribution in [1.29, 1.82) is 0 Å². The van der Waals surface area contributed by atoms with Gasteiger partial charge in [0.1, 0.15) is 6.33 Å². The van der Waals surface area contributed by atoms with E-state index in [2.05, 4.69) is 51.7 Å². The molecule has 2 fully saturated rings. The van der Waals surface area contributed by atoms with E-state index in [4.69, 9.17) is 9.57 Å². The molecule has 3 heterocycles. The van der Waals surface area contributed by atoms with Gasteiger partial charge in [-0.2, -0.15) is 10.1 Å². The zero-order chi connectivity index (χ0) is 30.9. The SMILES string of the molecule is CCCc1c(Cc2ccc(-c3ccccc3C3=NC(O)ON3)cc2)c(=O)n(C2CCC(OCC(O)C3CC3)CC2)c2ncnn12.[K+]. The minimum Gasteiger partial charge on any atom is -0.390 e. The summed E-state index contributed by atoms with van der Waals surface area (Å²) in [5.41, 5.74) is 8.16. The van der Waals surface area contributed by atoms with Crippen molar-refractivity contribution >= 4 is 11.6 Å². The van der Waals surface area contributed by atoms with Crippen molar-refractivity contribution < 1.29 is 71.2 Å². The van der Waals surface area contributed by atoms with Crippen LogP contribution in [0.1, 0.15) is 80.3 Å². The molecule has 236 valence electrons. The summed E-state index contributed by atoms with van der Waals surface area (Å²) in [5, 5.41) is 24.5. The van der Waals surface area contributed by atoms with E-state index in [9.17, 15) is 15.0 Å². The fourth-order valence-electron chi connectivity index (χ4n) is 6.74. The average molecular weight is 652 g/mol. The smallest absolute Gasteiger partial charge is 0.390 e. The van der Waals surface area contributed by atoms with Crippen LogP contribution < -0.4 is 62.4 Å². The molecule has 2 atom stereocenters. The molecule has 3 N–H and O–H groups in total. The molecule has 0 saturated heterocycles. The number of ether oxygens (including phenoxy) is 1. The quantitative estimate of drug-likeness (QED) is 0.204. The Labute approximate surface area is 310 Å². The number of fused-ring (bicyclic) bond motifs is 1. The summed E-state index contributed by atoms with van der Waals surface area (Å²) in [7, 11) is 0. The van der Waals surface area contributed by atoms with Crippen LogP contribution in [0.15, 0.2) is 64.6 Å². The summed E-state index contributed by atoms with van der Waals surface area (Å²) < 4.78 is 9.81. The molecule has 0 radical (unpaired) electrons. The first-order chi connectivity index (χ1) is 22.0. The van der Waals surface area contributed by atoms with Crippen LogP contribution in [0.25, 0.3) is 16.9 Å².